The van der Waals surface area contributed by atoms with Gasteiger partial charge in [-0.2, -0.15) is 0 Å². The highest BCUT2D eigenvalue weighted by Gasteiger charge is 2.13. The number of hydrogen-bond donors (Lipinski definition) is 2. The fourth-order valence-electron chi connectivity index (χ4n) is 2.80. The third-order valence-corrected chi connectivity index (χ3v) is 4.08. The quantitative estimate of drug-likeness (QED) is 0.707. The van der Waals surface area contributed by atoms with Crippen LogP contribution in [0.3, 0.4) is 0 Å². The number of rotatable bonds is 9. The van der Waals surface area contributed by atoms with Crippen molar-refractivity contribution in [1.82, 2.24) is 5.32 Å². The number of aryl methyl sites for hydroxylation is 2. The molecule has 0 bridgehead atoms. The highest BCUT2D eigenvalue weighted by atomic mass is 16.5. The van der Waals surface area contributed by atoms with E-state index in [1.165, 1.54) is 0 Å². The van der Waals surface area contributed by atoms with E-state index >= 15 is 0 Å². The number of nitrogens with one attached hydrogen (secondary N) is 1. The number of carbonyl (C=O) groups is 2. The van der Waals surface area contributed by atoms with Crippen molar-refractivity contribution in [3.63, 3.8) is 0 Å². The molecular weight excluding hydrogens is 346 g/mol. The Kier molecular flexibility index (Phi) is 7.37. The van der Waals surface area contributed by atoms with Gasteiger partial charge < -0.3 is 19.9 Å². The van der Waals surface area contributed by atoms with Crippen molar-refractivity contribution in [1.29, 1.82) is 0 Å². The largest absolute Gasteiger partial charge is 0.481 e. The van der Waals surface area contributed by atoms with Gasteiger partial charge in [0.15, 0.2) is 6.61 Å². The number of carboxylic acid groups (broad SMARTS) is 1. The normalized spacial score (nSPS) is 10.5. The minimum atomic E-state index is -1.04. The second-order valence-electron chi connectivity index (χ2n) is 6.21. The molecule has 2 aromatic carbocycles. The zero-order chi connectivity index (χ0) is 19.8. The Labute approximate surface area is 159 Å². The van der Waals surface area contributed by atoms with Crippen LogP contribution in [0.25, 0.3) is 0 Å². The monoisotopic (exact) mass is 371 g/mol. The Bertz CT molecular complexity index is 793. The summed E-state index contributed by atoms with van der Waals surface area (Å²) in [6.45, 7) is 6.66. The van der Waals surface area contributed by atoms with Gasteiger partial charge in [-0.15, -0.1) is 0 Å². The van der Waals surface area contributed by atoms with Gasteiger partial charge in [0.05, 0.1) is 6.61 Å². The Morgan fingerprint density at radius 1 is 1.07 bits per heavy atom. The smallest absolute Gasteiger partial charge is 0.341 e. The molecule has 0 heterocycles. The lowest BCUT2D eigenvalue weighted by Crippen LogP contribution is -2.24. The molecule has 27 heavy (non-hydrogen) atoms. The SMILES string of the molecule is CCOCc1ccccc1CNC(=O)c1cc(C)c(OCC(=O)O)c(C)c1. The van der Waals surface area contributed by atoms with E-state index in [4.69, 9.17) is 14.6 Å². The predicted molar refractivity (Wildman–Crippen MR) is 102 cm³/mol. The molecule has 0 saturated heterocycles. The number of amides is 1. The maximum atomic E-state index is 12.5. The van der Waals surface area contributed by atoms with Gasteiger partial charge in [0.2, 0.25) is 0 Å². The van der Waals surface area contributed by atoms with Crippen molar-refractivity contribution in [2.24, 2.45) is 0 Å². The lowest BCUT2D eigenvalue weighted by molar-refractivity contribution is -0.139. The molecule has 0 aliphatic rings. The standard InChI is InChI=1S/C21H25NO5/c1-4-26-12-17-8-6-5-7-16(17)11-22-21(25)18-9-14(2)20(15(3)10-18)27-13-19(23)24/h5-10H,4,11-13H2,1-3H3,(H,22,25)(H,23,24). The molecule has 6 heteroatoms. The molecule has 6 nitrogen and oxygen atoms in total. The third kappa shape index (κ3) is 5.82. The van der Waals surface area contributed by atoms with Crippen LogP contribution in [-0.2, 0) is 22.7 Å². The van der Waals surface area contributed by atoms with Crippen LogP contribution in [-0.4, -0.2) is 30.2 Å². The fraction of sp³-hybridized carbons (Fsp3) is 0.333. The Hall–Kier alpha value is -2.86. The van der Waals surface area contributed by atoms with Crippen LogP contribution in [0.15, 0.2) is 36.4 Å². The number of hydrogen-bond acceptors (Lipinski definition) is 4. The average molecular weight is 371 g/mol. The van der Waals surface area contributed by atoms with Gasteiger partial charge in [0, 0.05) is 18.7 Å². The minimum Gasteiger partial charge on any atom is -0.481 e. The van der Waals surface area contributed by atoms with Crippen molar-refractivity contribution >= 4 is 11.9 Å². The molecule has 0 aliphatic heterocycles. The summed E-state index contributed by atoms with van der Waals surface area (Å²) < 4.78 is 10.8. The third-order valence-electron chi connectivity index (χ3n) is 4.08. The molecule has 2 rings (SSSR count). The Balaban J connectivity index is 2.07. The lowest BCUT2D eigenvalue weighted by Gasteiger charge is -2.14. The molecule has 0 saturated carbocycles. The van der Waals surface area contributed by atoms with Gasteiger partial charge in [-0.05, 0) is 55.2 Å². The summed E-state index contributed by atoms with van der Waals surface area (Å²) in [5.74, 6) is -0.741. The van der Waals surface area contributed by atoms with Gasteiger partial charge in [-0.3, -0.25) is 4.79 Å². The fourth-order valence-corrected chi connectivity index (χ4v) is 2.80. The molecule has 0 spiro atoms. The maximum Gasteiger partial charge on any atom is 0.341 e. The molecule has 1 amide bonds. The van der Waals surface area contributed by atoms with Gasteiger partial charge in [-0.25, -0.2) is 4.79 Å². The van der Waals surface area contributed by atoms with Gasteiger partial charge in [-0.1, -0.05) is 24.3 Å². The van der Waals surface area contributed by atoms with Crippen molar-refractivity contribution in [3.8, 4) is 5.75 Å². The summed E-state index contributed by atoms with van der Waals surface area (Å²) >= 11 is 0. The summed E-state index contributed by atoms with van der Waals surface area (Å²) in [6, 6.07) is 11.2. The van der Waals surface area contributed by atoms with E-state index in [0.717, 1.165) is 22.3 Å². The Morgan fingerprint density at radius 2 is 1.70 bits per heavy atom. The molecule has 0 aliphatic carbocycles. The van der Waals surface area contributed by atoms with Crippen LogP contribution >= 0.6 is 0 Å². The number of carboxylic acids is 1. The molecule has 2 aromatic rings. The topological polar surface area (TPSA) is 84.9 Å². The summed E-state index contributed by atoms with van der Waals surface area (Å²) in [4.78, 5) is 23.2. The second kappa shape index (κ2) is 9.73. The number of carbonyl (C=O) groups excluding carboxylic acids is 1. The zero-order valence-corrected chi connectivity index (χ0v) is 15.9. The van der Waals surface area contributed by atoms with Crippen molar-refractivity contribution < 1.29 is 24.2 Å². The van der Waals surface area contributed by atoms with Gasteiger partial charge in [0.1, 0.15) is 5.75 Å². The summed E-state index contributed by atoms with van der Waals surface area (Å²) in [7, 11) is 0. The van der Waals surface area contributed by atoms with Crippen molar-refractivity contribution in [2.75, 3.05) is 13.2 Å². The molecule has 2 N–H and O–H groups in total. The van der Waals surface area contributed by atoms with Crippen LogP contribution in [0.2, 0.25) is 0 Å². The van der Waals surface area contributed by atoms with Gasteiger partial charge >= 0.3 is 5.97 Å². The second-order valence-corrected chi connectivity index (χ2v) is 6.21. The molecule has 0 radical (unpaired) electrons. The number of ether oxygens (including phenoxy) is 2. The predicted octanol–water partition coefficient (Wildman–Crippen LogP) is 3.23. The Morgan fingerprint density at radius 3 is 2.30 bits per heavy atom. The van der Waals surface area contributed by atoms with E-state index in [9.17, 15) is 9.59 Å². The molecule has 0 atom stereocenters. The maximum absolute atomic E-state index is 12.5. The minimum absolute atomic E-state index is 0.197. The lowest BCUT2D eigenvalue weighted by atomic mass is 10.0. The molecule has 144 valence electrons. The van der Waals surface area contributed by atoms with E-state index in [0.29, 0.717) is 31.1 Å². The van der Waals surface area contributed by atoms with E-state index in [2.05, 4.69) is 5.32 Å². The molecular formula is C21H25NO5. The average Bonchev–Trinajstić information content (AvgIpc) is 2.64. The summed E-state index contributed by atoms with van der Waals surface area (Å²) in [5.41, 5.74) is 4.00. The van der Waals surface area contributed by atoms with Crippen LogP contribution in [0.1, 0.15) is 39.5 Å². The first-order valence-electron chi connectivity index (χ1n) is 8.81. The van der Waals surface area contributed by atoms with Crippen LogP contribution in [0, 0.1) is 13.8 Å². The zero-order valence-electron chi connectivity index (χ0n) is 15.9. The van der Waals surface area contributed by atoms with Crippen LogP contribution in [0.5, 0.6) is 5.75 Å². The van der Waals surface area contributed by atoms with E-state index < -0.39 is 12.6 Å². The number of aliphatic carboxylic acids is 1. The van der Waals surface area contributed by atoms with Crippen LogP contribution < -0.4 is 10.1 Å². The molecule has 0 fully saturated rings. The molecule has 0 aromatic heterocycles. The van der Waals surface area contributed by atoms with Crippen molar-refractivity contribution in [2.45, 2.75) is 33.9 Å². The van der Waals surface area contributed by atoms with Gasteiger partial charge in [0.25, 0.3) is 5.91 Å². The van der Waals surface area contributed by atoms with E-state index in [1.807, 2.05) is 31.2 Å². The van der Waals surface area contributed by atoms with E-state index in [-0.39, 0.29) is 5.91 Å². The summed E-state index contributed by atoms with van der Waals surface area (Å²) in [6.07, 6.45) is 0. The number of benzene rings is 2. The first-order valence-corrected chi connectivity index (χ1v) is 8.81. The highest BCUT2D eigenvalue weighted by molar-refractivity contribution is 5.94. The first kappa shape index (κ1) is 20.5. The summed E-state index contributed by atoms with van der Waals surface area (Å²) in [5, 5.41) is 11.7. The van der Waals surface area contributed by atoms with Crippen LogP contribution in [0.4, 0.5) is 0 Å². The first-order chi connectivity index (χ1) is 12.9. The van der Waals surface area contributed by atoms with Crippen molar-refractivity contribution in [3.05, 3.63) is 64.2 Å². The highest BCUT2D eigenvalue weighted by Crippen LogP contribution is 2.25. The molecule has 0 unspecified atom stereocenters. The van der Waals surface area contributed by atoms with E-state index in [1.54, 1.807) is 26.0 Å².